The van der Waals surface area contributed by atoms with Gasteiger partial charge in [0, 0.05) is 6.07 Å². The van der Waals surface area contributed by atoms with Crippen LogP contribution in [0.1, 0.15) is 21.6 Å². The Morgan fingerprint density at radius 1 is 1.39 bits per heavy atom. The van der Waals surface area contributed by atoms with E-state index in [1.807, 2.05) is 31.2 Å². The number of carbonyl (C=O) groups is 1. The van der Waals surface area contributed by atoms with Crippen LogP contribution >= 0.6 is 0 Å². The van der Waals surface area contributed by atoms with Gasteiger partial charge in [-0.3, -0.25) is 14.2 Å². The fourth-order valence-electron chi connectivity index (χ4n) is 1.69. The van der Waals surface area contributed by atoms with E-state index >= 15 is 0 Å². The van der Waals surface area contributed by atoms with Gasteiger partial charge in [-0.05, 0) is 12.5 Å². The van der Waals surface area contributed by atoms with Crippen molar-refractivity contribution in [2.24, 2.45) is 5.73 Å². The van der Waals surface area contributed by atoms with Crippen molar-refractivity contribution in [3.63, 3.8) is 0 Å². The first-order chi connectivity index (χ1) is 8.56. The van der Waals surface area contributed by atoms with E-state index in [1.165, 1.54) is 10.9 Å². The van der Waals surface area contributed by atoms with Crippen LogP contribution in [-0.2, 0) is 6.54 Å². The summed E-state index contributed by atoms with van der Waals surface area (Å²) in [5, 5.41) is 0. The third-order valence-corrected chi connectivity index (χ3v) is 2.57. The highest BCUT2D eigenvalue weighted by Gasteiger charge is 2.05. The molecule has 1 aromatic carbocycles. The number of rotatable bonds is 3. The van der Waals surface area contributed by atoms with Gasteiger partial charge in [0.25, 0.3) is 11.5 Å². The molecule has 0 fully saturated rings. The van der Waals surface area contributed by atoms with Gasteiger partial charge in [-0.2, -0.15) is 0 Å². The SMILES string of the molecule is Cc1cccc(Cn2cnc(C(N)=O)cc2=O)c1. The number of primary amides is 1. The largest absolute Gasteiger partial charge is 0.364 e. The molecule has 2 rings (SSSR count). The number of carbonyl (C=O) groups excluding carboxylic acids is 1. The fraction of sp³-hybridized carbons (Fsp3) is 0.154. The second-order valence-electron chi connectivity index (χ2n) is 4.09. The topological polar surface area (TPSA) is 78.0 Å². The monoisotopic (exact) mass is 243 g/mol. The minimum atomic E-state index is -0.699. The molecular weight excluding hydrogens is 230 g/mol. The summed E-state index contributed by atoms with van der Waals surface area (Å²) >= 11 is 0. The zero-order valence-corrected chi connectivity index (χ0v) is 9.96. The standard InChI is InChI=1S/C13H13N3O2/c1-9-3-2-4-10(5-9)7-16-8-15-11(13(14)18)6-12(16)17/h2-6,8H,7H2,1H3,(H2,14,18). The lowest BCUT2D eigenvalue weighted by Crippen LogP contribution is -2.24. The van der Waals surface area contributed by atoms with Crippen molar-refractivity contribution in [3.8, 4) is 0 Å². The maximum Gasteiger partial charge on any atom is 0.267 e. The third-order valence-electron chi connectivity index (χ3n) is 2.57. The molecule has 18 heavy (non-hydrogen) atoms. The third kappa shape index (κ3) is 2.63. The van der Waals surface area contributed by atoms with Gasteiger partial charge in [0.1, 0.15) is 5.69 Å². The van der Waals surface area contributed by atoms with Gasteiger partial charge in [-0.1, -0.05) is 29.8 Å². The summed E-state index contributed by atoms with van der Waals surface area (Å²) in [6.07, 6.45) is 1.34. The predicted molar refractivity (Wildman–Crippen MR) is 67.3 cm³/mol. The van der Waals surface area contributed by atoms with Gasteiger partial charge in [-0.25, -0.2) is 4.98 Å². The van der Waals surface area contributed by atoms with Crippen molar-refractivity contribution >= 4 is 5.91 Å². The zero-order chi connectivity index (χ0) is 13.1. The van der Waals surface area contributed by atoms with Gasteiger partial charge in [0.05, 0.1) is 12.9 Å². The van der Waals surface area contributed by atoms with E-state index in [9.17, 15) is 9.59 Å². The Bertz CT molecular complexity index is 647. The highest BCUT2D eigenvalue weighted by Crippen LogP contribution is 2.04. The van der Waals surface area contributed by atoms with Gasteiger partial charge in [0.15, 0.2) is 0 Å². The number of aromatic nitrogens is 2. The van der Waals surface area contributed by atoms with Crippen LogP contribution in [0.5, 0.6) is 0 Å². The van der Waals surface area contributed by atoms with E-state index in [0.29, 0.717) is 6.54 Å². The molecule has 1 aromatic heterocycles. The van der Waals surface area contributed by atoms with Crippen LogP contribution in [0, 0.1) is 6.92 Å². The molecule has 92 valence electrons. The lowest BCUT2D eigenvalue weighted by Gasteiger charge is -2.06. The first kappa shape index (κ1) is 12.0. The Morgan fingerprint density at radius 2 is 2.17 bits per heavy atom. The van der Waals surface area contributed by atoms with E-state index in [0.717, 1.165) is 17.2 Å². The van der Waals surface area contributed by atoms with Gasteiger partial charge in [-0.15, -0.1) is 0 Å². The smallest absolute Gasteiger partial charge is 0.267 e. The van der Waals surface area contributed by atoms with E-state index in [2.05, 4.69) is 4.98 Å². The number of hydrogen-bond acceptors (Lipinski definition) is 3. The molecule has 0 aliphatic carbocycles. The van der Waals surface area contributed by atoms with Crippen molar-refractivity contribution in [1.82, 2.24) is 9.55 Å². The van der Waals surface area contributed by atoms with Crippen molar-refractivity contribution in [2.45, 2.75) is 13.5 Å². The summed E-state index contributed by atoms with van der Waals surface area (Å²) in [5.74, 6) is -0.699. The minimum absolute atomic E-state index is 0.0134. The number of amides is 1. The Kier molecular flexibility index (Phi) is 3.23. The molecule has 0 bridgehead atoms. The quantitative estimate of drug-likeness (QED) is 0.861. The summed E-state index contributed by atoms with van der Waals surface area (Å²) in [6.45, 7) is 2.41. The van der Waals surface area contributed by atoms with Crippen LogP contribution in [0.3, 0.4) is 0 Å². The Labute approximate surface area is 104 Å². The Balaban J connectivity index is 2.30. The lowest BCUT2D eigenvalue weighted by molar-refractivity contribution is 0.0995. The zero-order valence-electron chi connectivity index (χ0n) is 9.96. The number of nitrogens with zero attached hydrogens (tertiary/aromatic N) is 2. The highest BCUT2D eigenvalue weighted by molar-refractivity contribution is 5.90. The number of aryl methyl sites for hydroxylation is 1. The lowest BCUT2D eigenvalue weighted by atomic mass is 10.1. The normalized spacial score (nSPS) is 10.3. The molecule has 2 aromatic rings. The summed E-state index contributed by atoms with van der Waals surface area (Å²) in [6, 6.07) is 9.00. The number of nitrogens with two attached hydrogens (primary N) is 1. The summed E-state index contributed by atoms with van der Waals surface area (Å²) in [5.41, 5.74) is 6.88. The van der Waals surface area contributed by atoms with Crippen molar-refractivity contribution in [1.29, 1.82) is 0 Å². The molecule has 1 amide bonds. The van der Waals surface area contributed by atoms with Gasteiger partial charge < -0.3 is 5.73 Å². The highest BCUT2D eigenvalue weighted by atomic mass is 16.1. The molecule has 0 saturated heterocycles. The first-order valence-electron chi connectivity index (χ1n) is 5.48. The molecule has 0 radical (unpaired) electrons. The fourth-order valence-corrected chi connectivity index (χ4v) is 1.69. The molecule has 5 heteroatoms. The molecule has 0 spiro atoms. The van der Waals surface area contributed by atoms with Gasteiger partial charge in [0.2, 0.25) is 0 Å². The van der Waals surface area contributed by atoms with Crippen molar-refractivity contribution < 1.29 is 4.79 Å². The van der Waals surface area contributed by atoms with Crippen LogP contribution in [0.25, 0.3) is 0 Å². The summed E-state index contributed by atoms with van der Waals surface area (Å²) < 4.78 is 1.43. The van der Waals surface area contributed by atoms with E-state index < -0.39 is 5.91 Å². The van der Waals surface area contributed by atoms with Crippen LogP contribution < -0.4 is 11.3 Å². The van der Waals surface area contributed by atoms with E-state index in [1.54, 1.807) is 0 Å². The molecule has 0 atom stereocenters. The minimum Gasteiger partial charge on any atom is -0.364 e. The number of benzene rings is 1. The van der Waals surface area contributed by atoms with Crippen LogP contribution in [0.15, 0.2) is 41.5 Å². The maximum atomic E-state index is 11.7. The second kappa shape index (κ2) is 4.83. The van der Waals surface area contributed by atoms with Crippen LogP contribution in [0.2, 0.25) is 0 Å². The van der Waals surface area contributed by atoms with Crippen LogP contribution in [0.4, 0.5) is 0 Å². The molecule has 0 saturated carbocycles. The molecule has 2 N–H and O–H groups in total. The molecule has 0 unspecified atom stereocenters. The van der Waals surface area contributed by atoms with Crippen molar-refractivity contribution in [2.75, 3.05) is 0 Å². The second-order valence-corrected chi connectivity index (χ2v) is 4.09. The van der Waals surface area contributed by atoms with E-state index in [-0.39, 0.29) is 11.3 Å². The average Bonchev–Trinajstić information content (AvgIpc) is 2.31. The number of hydrogen-bond donors (Lipinski definition) is 1. The van der Waals surface area contributed by atoms with Gasteiger partial charge >= 0.3 is 0 Å². The van der Waals surface area contributed by atoms with Crippen LogP contribution in [-0.4, -0.2) is 15.5 Å². The summed E-state index contributed by atoms with van der Waals surface area (Å²) in [4.78, 5) is 26.5. The summed E-state index contributed by atoms with van der Waals surface area (Å²) in [7, 11) is 0. The maximum absolute atomic E-state index is 11.7. The molecule has 0 aliphatic rings. The molecular formula is C13H13N3O2. The molecule has 1 heterocycles. The molecule has 5 nitrogen and oxygen atoms in total. The Morgan fingerprint density at radius 3 is 2.78 bits per heavy atom. The predicted octanol–water partition coefficient (Wildman–Crippen LogP) is 0.699. The van der Waals surface area contributed by atoms with Crippen molar-refractivity contribution in [3.05, 3.63) is 63.8 Å². The first-order valence-corrected chi connectivity index (χ1v) is 5.48. The Hall–Kier alpha value is -2.43. The molecule has 0 aliphatic heterocycles. The average molecular weight is 243 g/mol. The van der Waals surface area contributed by atoms with E-state index in [4.69, 9.17) is 5.73 Å².